The van der Waals surface area contributed by atoms with Gasteiger partial charge in [0.15, 0.2) is 0 Å². The van der Waals surface area contributed by atoms with Crippen molar-refractivity contribution >= 4 is 46.1 Å². The van der Waals surface area contributed by atoms with Crippen LogP contribution in [0, 0.1) is 0 Å². The number of hydrogen-bond donors (Lipinski definition) is 4. The van der Waals surface area contributed by atoms with Crippen molar-refractivity contribution in [3.63, 3.8) is 0 Å². The van der Waals surface area contributed by atoms with Crippen molar-refractivity contribution in [2.75, 3.05) is 28.3 Å². The molecule has 0 aliphatic heterocycles. The summed E-state index contributed by atoms with van der Waals surface area (Å²) in [5.41, 5.74) is 8.53. The smallest absolute Gasteiger partial charge is 0.407 e. The maximum Gasteiger partial charge on any atom is 0.407 e. The topological polar surface area (TPSA) is 175 Å². The van der Waals surface area contributed by atoms with Crippen LogP contribution in [0.25, 0.3) is 44.3 Å². The molecule has 0 spiro atoms. The summed E-state index contributed by atoms with van der Waals surface area (Å²) in [6.07, 6.45) is -0.221. The standard InChI is InChI=1S/C48H50N8O6/c1-7-39(55(3)45(57)41(53-47(59)61-5)31-15-11-9-12-16-31)43-49-35-25-23-33(27-37(35)51-43)29-19-21-30(22-20-29)34-24-26-36-38(28-34)52-44(50-36)40(8-2)56(4)46(58)42(54-48(60)62-6)32-17-13-10-14-18-32/h9-28,39-42H,7-8H2,1-6H3,(H,49,51)(H,50,52)(H,53,59)(H,54,60)/t39-,40-,41-,42-/m1/s1. The fourth-order valence-corrected chi connectivity index (χ4v) is 7.82. The molecule has 14 nitrogen and oxygen atoms in total. The Kier molecular flexibility index (Phi) is 13.0. The van der Waals surface area contributed by atoms with E-state index in [0.717, 1.165) is 44.3 Å². The largest absolute Gasteiger partial charge is 0.453 e. The van der Waals surface area contributed by atoms with Crippen LogP contribution in [0.1, 0.15) is 73.6 Å². The van der Waals surface area contributed by atoms with Gasteiger partial charge in [-0.3, -0.25) is 9.59 Å². The molecule has 4 amide bonds. The molecular weight excluding hydrogens is 785 g/mol. The third-order valence-corrected chi connectivity index (χ3v) is 11.2. The maximum atomic E-state index is 13.9. The van der Waals surface area contributed by atoms with Gasteiger partial charge in [0.2, 0.25) is 11.8 Å². The van der Waals surface area contributed by atoms with E-state index in [1.807, 2.05) is 74.5 Å². The minimum absolute atomic E-state index is 0.296. The molecule has 0 unspecified atom stereocenters. The molecule has 0 saturated heterocycles. The van der Waals surface area contributed by atoms with Crippen LogP contribution in [0.2, 0.25) is 0 Å². The van der Waals surface area contributed by atoms with E-state index in [-0.39, 0.29) is 23.9 Å². The van der Waals surface area contributed by atoms with Gasteiger partial charge in [-0.1, -0.05) is 111 Å². The van der Waals surface area contributed by atoms with Gasteiger partial charge in [-0.25, -0.2) is 19.6 Å². The first-order valence-electron chi connectivity index (χ1n) is 20.5. The summed E-state index contributed by atoms with van der Waals surface area (Å²) < 4.78 is 9.64. The predicted molar refractivity (Wildman–Crippen MR) is 238 cm³/mol. The van der Waals surface area contributed by atoms with Crippen LogP contribution in [0.3, 0.4) is 0 Å². The maximum absolute atomic E-state index is 13.9. The highest BCUT2D eigenvalue weighted by Gasteiger charge is 2.33. The number of carbonyl (C=O) groups excluding carboxylic acids is 4. The molecule has 7 aromatic rings. The van der Waals surface area contributed by atoms with Crippen molar-refractivity contribution in [3.8, 4) is 22.3 Å². The first-order chi connectivity index (χ1) is 30.0. The Morgan fingerprint density at radius 1 is 0.548 bits per heavy atom. The minimum atomic E-state index is -0.934. The second-order valence-corrected chi connectivity index (χ2v) is 15.0. The molecule has 5 aromatic carbocycles. The number of nitrogens with one attached hydrogen (secondary N) is 4. The number of rotatable bonds is 14. The van der Waals surface area contributed by atoms with Crippen LogP contribution in [-0.4, -0.2) is 82.1 Å². The molecule has 0 bridgehead atoms. The lowest BCUT2D eigenvalue weighted by molar-refractivity contribution is -0.135. The van der Waals surface area contributed by atoms with Crippen LogP contribution in [0.15, 0.2) is 121 Å². The number of likely N-dealkylation sites (N-methyl/N-ethyl adjacent to an activating group) is 2. The molecule has 0 saturated carbocycles. The Balaban J connectivity index is 1.07. The normalized spacial score (nSPS) is 13.1. The van der Waals surface area contributed by atoms with Gasteiger partial charge in [-0.2, -0.15) is 0 Å². The Morgan fingerprint density at radius 2 is 0.903 bits per heavy atom. The second kappa shape index (κ2) is 18.8. The molecule has 0 aliphatic carbocycles. The quantitative estimate of drug-likeness (QED) is 0.0841. The summed E-state index contributed by atoms with van der Waals surface area (Å²) in [4.78, 5) is 72.1. The summed E-state index contributed by atoms with van der Waals surface area (Å²) in [5, 5.41) is 5.37. The number of aromatic amines is 2. The zero-order valence-corrected chi connectivity index (χ0v) is 35.5. The number of benzene rings is 5. The van der Waals surface area contributed by atoms with Crippen molar-refractivity contribution in [2.24, 2.45) is 0 Å². The molecule has 4 N–H and O–H groups in total. The highest BCUT2D eigenvalue weighted by Crippen LogP contribution is 2.32. The third kappa shape index (κ3) is 8.99. The summed E-state index contributed by atoms with van der Waals surface area (Å²) in [5.74, 6) is 0.692. The van der Waals surface area contributed by atoms with Crippen LogP contribution in [0.4, 0.5) is 9.59 Å². The van der Waals surface area contributed by atoms with Gasteiger partial charge < -0.3 is 39.9 Å². The van der Waals surface area contributed by atoms with E-state index >= 15 is 0 Å². The molecule has 2 aromatic heterocycles. The van der Waals surface area contributed by atoms with Crippen LogP contribution >= 0.6 is 0 Å². The van der Waals surface area contributed by atoms with Crippen molar-refractivity contribution < 1.29 is 28.7 Å². The molecule has 0 aliphatic rings. The SMILES string of the molecule is CC[C@H](c1nc2ccc(-c3ccc(-c4ccc5nc([C@@H](CC)N(C)C(=O)[C@H](NC(=O)OC)c6ccccc6)[nH]c5c4)cc3)cc2[nH]1)N(C)C(=O)[C@H](NC(=O)OC)c1ccccc1. The van der Waals surface area contributed by atoms with E-state index < -0.39 is 24.3 Å². The number of carbonyl (C=O) groups is 4. The highest BCUT2D eigenvalue weighted by molar-refractivity contribution is 5.89. The van der Waals surface area contributed by atoms with Crippen LogP contribution in [0.5, 0.6) is 0 Å². The van der Waals surface area contributed by atoms with Gasteiger partial charge in [-0.15, -0.1) is 0 Å². The van der Waals surface area contributed by atoms with Gasteiger partial charge in [0.25, 0.3) is 0 Å². The lowest BCUT2D eigenvalue weighted by atomic mass is 10.00. The van der Waals surface area contributed by atoms with Crippen LogP contribution in [-0.2, 0) is 19.1 Å². The molecule has 7 rings (SSSR count). The van der Waals surface area contributed by atoms with E-state index in [2.05, 4.69) is 57.0 Å². The molecule has 4 atom stereocenters. The summed E-state index contributed by atoms with van der Waals surface area (Å²) in [6, 6.07) is 35.9. The van der Waals surface area contributed by atoms with Gasteiger partial charge in [-0.05, 0) is 70.5 Å². The summed E-state index contributed by atoms with van der Waals surface area (Å²) in [7, 11) is 5.97. The van der Waals surface area contributed by atoms with Gasteiger partial charge >= 0.3 is 12.2 Å². The molecule has 14 heteroatoms. The number of alkyl carbamates (subject to hydrolysis) is 2. The predicted octanol–water partition coefficient (Wildman–Crippen LogP) is 8.79. The molecule has 0 radical (unpaired) electrons. The van der Waals surface area contributed by atoms with E-state index in [4.69, 9.17) is 19.4 Å². The zero-order chi connectivity index (χ0) is 43.9. The molecule has 62 heavy (non-hydrogen) atoms. The van der Waals surface area contributed by atoms with E-state index in [9.17, 15) is 19.2 Å². The van der Waals surface area contributed by atoms with Crippen LogP contribution < -0.4 is 10.6 Å². The van der Waals surface area contributed by atoms with E-state index in [1.165, 1.54) is 14.2 Å². The number of aromatic nitrogens is 4. The fraction of sp³-hybridized carbons (Fsp3) is 0.250. The summed E-state index contributed by atoms with van der Waals surface area (Å²) in [6.45, 7) is 3.98. The first-order valence-corrected chi connectivity index (χ1v) is 20.5. The monoisotopic (exact) mass is 834 g/mol. The highest BCUT2D eigenvalue weighted by atomic mass is 16.5. The zero-order valence-electron chi connectivity index (χ0n) is 35.5. The number of hydrogen-bond acceptors (Lipinski definition) is 8. The number of imidazole rings is 2. The summed E-state index contributed by atoms with van der Waals surface area (Å²) >= 11 is 0. The third-order valence-electron chi connectivity index (χ3n) is 11.2. The number of amides is 4. The van der Waals surface area contributed by atoms with Crippen molar-refractivity contribution in [3.05, 3.63) is 144 Å². The number of ether oxygens (including phenoxy) is 2. The number of methoxy groups -OCH3 is 2. The Morgan fingerprint density at radius 3 is 1.24 bits per heavy atom. The number of fused-ring (bicyclic) bond motifs is 2. The molecule has 0 fully saturated rings. The number of H-pyrrole nitrogens is 2. The van der Waals surface area contributed by atoms with Crippen molar-refractivity contribution in [1.29, 1.82) is 0 Å². The van der Waals surface area contributed by atoms with Gasteiger partial charge in [0, 0.05) is 14.1 Å². The number of nitrogens with zero attached hydrogens (tertiary/aromatic N) is 4. The molecule has 318 valence electrons. The lowest BCUT2D eigenvalue weighted by Gasteiger charge is -2.30. The Hall–Kier alpha value is -7.48. The van der Waals surface area contributed by atoms with Gasteiger partial charge in [0.1, 0.15) is 23.7 Å². The van der Waals surface area contributed by atoms with Gasteiger partial charge in [0.05, 0.1) is 48.4 Å². The van der Waals surface area contributed by atoms with Crippen molar-refractivity contribution in [2.45, 2.75) is 50.9 Å². The van der Waals surface area contributed by atoms with E-state index in [1.54, 1.807) is 48.2 Å². The average molecular weight is 835 g/mol. The van der Waals surface area contributed by atoms with Crippen molar-refractivity contribution in [1.82, 2.24) is 40.4 Å². The first kappa shape index (κ1) is 42.6. The molecule has 2 heterocycles. The minimum Gasteiger partial charge on any atom is -0.453 e. The van der Waals surface area contributed by atoms with E-state index in [0.29, 0.717) is 35.6 Å². The Bertz CT molecular complexity index is 2500. The molecular formula is C48H50N8O6. The fourth-order valence-electron chi connectivity index (χ4n) is 7.82. The second-order valence-electron chi connectivity index (χ2n) is 15.0. The Labute approximate surface area is 359 Å². The average Bonchev–Trinajstić information content (AvgIpc) is 3.94. The lowest BCUT2D eigenvalue weighted by Crippen LogP contribution is -2.42.